The average Bonchev–Trinajstić information content (AvgIpc) is 2.70. The van der Waals surface area contributed by atoms with Crippen LogP contribution in [0.25, 0.3) is 0 Å². The summed E-state index contributed by atoms with van der Waals surface area (Å²) in [6, 6.07) is 0. The fourth-order valence-electron chi connectivity index (χ4n) is 2.36. The van der Waals surface area contributed by atoms with Crippen molar-refractivity contribution in [3.63, 3.8) is 0 Å². The number of carbonyl (C=O) groups is 3. The maximum atomic E-state index is 12.9. The van der Waals surface area contributed by atoms with Crippen LogP contribution in [0.15, 0.2) is 0 Å². The van der Waals surface area contributed by atoms with Crippen LogP contribution in [0.4, 0.5) is 5.69 Å². The Labute approximate surface area is 219 Å². The van der Waals surface area contributed by atoms with Crippen molar-refractivity contribution in [2.75, 3.05) is 38.3 Å². The highest BCUT2D eigenvalue weighted by molar-refractivity contribution is 14.1. The minimum atomic E-state index is -1.33. The number of benzene rings is 1. The molecule has 0 aliphatic heterocycles. The van der Waals surface area contributed by atoms with E-state index in [0.717, 1.165) is 4.90 Å². The van der Waals surface area contributed by atoms with Crippen molar-refractivity contribution in [1.82, 2.24) is 10.6 Å². The van der Waals surface area contributed by atoms with E-state index in [1.54, 1.807) is 22.6 Å². The van der Waals surface area contributed by atoms with Crippen molar-refractivity contribution in [2.24, 2.45) is 0 Å². The first-order valence-corrected chi connectivity index (χ1v) is 12.0. The minimum absolute atomic E-state index is 0.0130. The molecule has 31 heavy (non-hydrogen) atoms. The van der Waals surface area contributed by atoms with Gasteiger partial charge in [0.2, 0.25) is 0 Å². The molecule has 1 aromatic rings. The number of nitrogens with one attached hydrogen (secondary N) is 2. The zero-order chi connectivity index (χ0) is 23.9. The smallest absolute Gasteiger partial charge is 0.255 e. The van der Waals surface area contributed by atoms with Gasteiger partial charge in [-0.2, -0.15) is 0 Å². The summed E-state index contributed by atoms with van der Waals surface area (Å²) in [4.78, 5) is 38.9. The quantitative estimate of drug-likeness (QED) is 0.117. The van der Waals surface area contributed by atoms with Gasteiger partial charge in [0.05, 0.1) is 36.7 Å². The van der Waals surface area contributed by atoms with E-state index in [1.165, 1.54) is 7.05 Å². The van der Waals surface area contributed by atoms with Gasteiger partial charge in [0.15, 0.2) is 0 Å². The highest BCUT2D eigenvalue weighted by atomic mass is 127. The third-order valence-corrected chi connectivity index (χ3v) is 7.18. The molecule has 0 aliphatic rings. The maximum Gasteiger partial charge on any atom is 0.255 e. The molecule has 7 N–H and O–H groups in total. The molecule has 1 aromatic carbocycles. The molecule has 0 saturated carbocycles. The number of amides is 3. The van der Waals surface area contributed by atoms with E-state index in [4.69, 9.17) is 10.2 Å². The lowest BCUT2D eigenvalue weighted by molar-refractivity contribution is -0.121. The third kappa shape index (κ3) is 7.30. The summed E-state index contributed by atoms with van der Waals surface area (Å²) in [5.74, 6) is -2.07. The molecule has 0 radical (unpaired) electrons. The molecular formula is C17H22I3N3O8. The SMILES string of the molecule is CN(C(=O)CO)c1c(I)c(C(=O)NCC(O)CO)c(I)c(C(=O)NC(O)CCO)c1I. The summed E-state index contributed by atoms with van der Waals surface area (Å²) in [6.07, 6.45) is -2.62. The Bertz CT molecular complexity index is 840. The molecule has 0 aliphatic carbocycles. The normalized spacial score (nSPS) is 12.8. The highest BCUT2D eigenvalue weighted by Crippen LogP contribution is 2.37. The Balaban J connectivity index is 3.63. The van der Waals surface area contributed by atoms with Gasteiger partial charge in [-0.05, 0) is 67.8 Å². The number of anilines is 1. The van der Waals surface area contributed by atoms with Crippen LogP contribution < -0.4 is 15.5 Å². The lowest BCUT2D eigenvalue weighted by Gasteiger charge is -2.25. The summed E-state index contributed by atoms with van der Waals surface area (Å²) in [5.41, 5.74) is 0.260. The van der Waals surface area contributed by atoms with E-state index in [9.17, 15) is 29.7 Å². The number of hydrogen-bond donors (Lipinski definition) is 7. The van der Waals surface area contributed by atoms with Crippen LogP contribution >= 0.6 is 67.8 Å². The number of nitrogens with zero attached hydrogens (tertiary/aromatic N) is 1. The van der Waals surface area contributed by atoms with Gasteiger partial charge in [0.1, 0.15) is 12.8 Å². The van der Waals surface area contributed by atoms with Crippen LogP contribution in [0, 0.1) is 10.7 Å². The largest absolute Gasteiger partial charge is 0.396 e. The van der Waals surface area contributed by atoms with Gasteiger partial charge in [0, 0.05) is 30.2 Å². The first-order valence-electron chi connectivity index (χ1n) is 8.76. The van der Waals surface area contributed by atoms with Crippen molar-refractivity contribution in [2.45, 2.75) is 18.8 Å². The van der Waals surface area contributed by atoms with Gasteiger partial charge in [0.25, 0.3) is 17.7 Å². The second kappa shape index (κ2) is 13.4. The summed E-state index contributed by atoms with van der Waals surface area (Å²) in [7, 11) is 1.38. The van der Waals surface area contributed by atoms with Gasteiger partial charge in [-0.15, -0.1) is 0 Å². The predicted octanol–water partition coefficient (Wildman–Crippen LogP) is -1.03. The molecule has 14 heteroatoms. The summed E-state index contributed by atoms with van der Waals surface area (Å²) in [5, 5.41) is 51.3. The molecule has 2 unspecified atom stereocenters. The van der Waals surface area contributed by atoms with E-state index in [2.05, 4.69) is 10.6 Å². The van der Waals surface area contributed by atoms with E-state index < -0.39 is 43.3 Å². The van der Waals surface area contributed by atoms with Crippen LogP contribution in [0.2, 0.25) is 0 Å². The average molecular weight is 777 g/mol. The zero-order valence-electron chi connectivity index (χ0n) is 16.2. The van der Waals surface area contributed by atoms with E-state index in [0.29, 0.717) is 7.14 Å². The van der Waals surface area contributed by atoms with Gasteiger partial charge in [-0.3, -0.25) is 14.4 Å². The highest BCUT2D eigenvalue weighted by Gasteiger charge is 2.31. The van der Waals surface area contributed by atoms with Crippen molar-refractivity contribution in [3.8, 4) is 0 Å². The number of carbonyl (C=O) groups excluding carboxylic acids is 3. The van der Waals surface area contributed by atoms with Gasteiger partial charge < -0.3 is 41.1 Å². The molecule has 2 atom stereocenters. The van der Waals surface area contributed by atoms with Crippen molar-refractivity contribution < 1.29 is 39.9 Å². The van der Waals surface area contributed by atoms with Crippen molar-refractivity contribution >= 4 is 91.2 Å². The summed E-state index contributed by atoms with van der Waals surface area (Å²) in [6.45, 7) is -1.96. The van der Waals surface area contributed by atoms with E-state index in [1.807, 2.05) is 45.2 Å². The van der Waals surface area contributed by atoms with E-state index in [-0.39, 0.29) is 40.0 Å². The fraction of sp³-hybridized carbons (Fsp3) is 0.471. The van der Waals surface area contributed by atoms with Gasteiger partial charge in [-0.1, -0.05) is 0 Å². The fourth-order valence-corrected chi connectivity index (χ4v) is 7.23. The third-order valence-electron chi connectivity index (χ3n) is 4.00. The van der Waals surface area contributed by atoms with Crippen molar-refractivity contribution in [1.29, 1.82) is 0 Å². The molecule has 0 heterocycles. The van der Waals surface area contributed by atoms with Gasteiger partial charge in [-0.25, -0.2) is 0 Å². The zero-order valence-corrected chi connectivity index (χ0v) is 22.7. The Morgan fingerprint density at radius 2 is 1.52 bits per heavy atom. The molecule has 0 spiro atoms. The van der Waals surface area contributed by atoms with Crippen LogP contribution in [-0.4, -0.2) is 89.0 Å². The molecule has 11 nitrogen and oxygen atoms in total. The molecular weight excluding hydrogens is 755 g/mol. The van der Waals surface area contributed by atoms with Gasteiger partial charge >= 0.3 is 0 Å². The summed E-state index contributed by atoms with van der Waals surface area (Å²) < 4.78 is 0.847. The maximum absolute atomic E-state index is 12.9. The number of likely N-dealkylation sites (N-methyl/N-ethyl adjacent to an activating group) is 1. The summed E-state index contributed by atoms with van der Waals surface area (Å²) >= 11 is 5.48. The van der Waals surface area contributed by atoms with Crippen molar-refractivity contribution in [3.05, 3.63) is 21.8 Å². The molecule has 0 saturated heterocycles. The standard InChI is InChI=1S/C17H22I3N3O8/c1-23(9(29)6-26)15-13(19)10(16(30)21-4-7(27)5-25)12(18)11(14(15)20)17(31)22-8(28)2-3-24/h7-8,24-28H,2-6H2,1H3,(H,21,30)(H,22,31). The molecule has 174 valence electrons. The first-order chi connectivity index (χ1) is 14.5. The number of aliphatic hydroxyl groups excluding tert-OH is 5. The molecule has 0 aromatic heterocycles. The number of hydrogen-bond acceptors (Lipinski definition) is 8. The predicted molar refractivity (Wildman–Crippen MR) is 136 cm³/mol. The molecule has 0 fully saturated rings. The Kier molecular flexibility index (Phi) is 12.3. The Morgan fingerprint density at radius 1 is 0.968 bits per heavy atom. The van der Waals surface area contributed by atoms with E-state index >= 15 is 0 Å². The number of rotatable bonds is 10. The topological polar surface area (TPSA) is 180 Å². The van der Waals surface area contributed by atoms with Crippen LogP contribution in [0.5, 0.6) is 0 Å². The Morgan fingerprint density at radius 3 is 2.00 bits per heavy atom. The van der Waals surface area contributed by atoms with Crippen LogP contribution in [0.3, 0.4) is 0 Å². The Hall–Kier alpha value is -0.380. The lowest BCUT2D eigenvalue weighted by Crippen LogP contribution is -2.39. The minimum Gasteiger partial charge on any atom is -0.396 e. The number of halogens is 3. The second-order valence-electron chi connectivity index (χ2n) is 6.20. The number of aliphatic hydroxyl groups is 5. The molecule has 0 bridgehead atoms. The lowest BCUT2D eigenvalue weighted by atomic mass is 10.1. The first kappa shape index (κ1) is 28.7. The molecule has 3 amide bonds. The van der Waals surface area contributed by atoms with Crippen LogP contribution in [-0.2, 0) is 4.79 Å². The molecule has 1 rings (SSSR count). The van der Waals surface area contributed by atoms with Crippen LogP contribution in [0.1, 0.15) is 27.1 Å². The monoisotopic (exact) mass is 777 g/mol. The second-order valence-corrected chi connectivity index (χ2v) is 9.44.